The van der Waals surface area contributed by atoms with Gasteiger partial charge in [0, 0.05) is 6.20 Å². The summed E-state index contributed by atoms with van der Waals surface area (Å²) < 4.78 is 12.2. The molecular formula is C8H13N3O2. The molecule has 13 heavy (non-hydrogen) atoms. The van der Waals surface area contributed by atoms with E-state index in [-0.39, 0.29) is 6.10 Å². The number of ether oxygens (including phenoxy) is 2. The quantitative estimate of drug-likeness (QED) is 0.707. The fourth-order valence-corrected chi connectivity index (χ4v) is 1.13. The second-order valence-electron chi connectivity index (χ2n) is 3.07. The summed E-state index contributed by atoms with van der Waals surface area (Å²) in [6.07, 6.45) is 3.71. The van der Waals surface area contributed by atoms with E-state index in [1.165, 1.54) is 0 Å². The van der Waals surface area contributed by atoms with Gasteiger partial charge in [0.25, 0.3) is 0 Å². The molecule has 72 valence electrons. The second kappa shape index (κ2) is 3.76. The Hall–Kier alpha value is -1.07. The van der Waals surface area contributed by atoms with Crippen LogP contribution in [0, 0.1) is 0 Å². The molecule has 0 aromatic carbocycles. The molecule has 5 nitrogen and oxygen atoms in total. The van der Waals surface area contributed by atoms with Gasteiger partial charge in [0.2, 0.25) is 0 Å². The van der Waals surface area contributed by atoms with Crippen LogP contribution in [0.1, 0.15) is 0 Å². The number of nitrogens with two attached hydrogens (primary N) is 1. The van der Waals surface area contributed by atoms with Gasteiger partial charge in [0.1, 0.15) is 6.10 Å². The van der Waals surface area contributed by atoms with Crippen LogP contribution in [-0.4, -0.2) is 35.7 Å². The highest BCUT2D eigenvalue weighted by molar-refractivity contribution is 5.30. The number of anilines is 1. The van der Waals surface area contributed by atoms with Crippen molar-refractivity contribution >= 4 is 5.69 Å². The van der Waals surface area contributed by atoms with E-state index in [1.54, 1.807) is 17.1 Å². The number of nitrogen functional groups attached to an aromatic ring is 1. The average Bonchev–Trinajstić information content (AvgIpc) is 2.42. The Balaban J connectivity index is 1.67. The summed E-state index contributed by atoms with van der Waals surface area (Å²) in [5, 5.41) is 4.04. The van der Waals surface area contributed by atoms with Crippen LogP contribution in [0.5, 0.6) is 0 Å². The molecule has 0 bridgehead atoms. The van der Waals surface area contributed by atoms with E-state index in [2.05, 4.69) is 5.10 Å². The molecule has 1 aliphatic heterocycles. The Morgan fingerprint density at radius 3 is 3.08 bits per heavy atom. The van der Waals surface area contributed by atoms with Gasteiger partial charge in [-0.3, -0.25) is 4.68 Å². The van der Waals surface area contributed by atoms with Crippen molar-refractivity contribution in [2.75, 3.05) is 25.6 Å². The number of hydrogen-bond acceptors (Lipinski definition) is 4. The van der Waals surface area contributed by atoms with Crippen LogP contribution in [0.15, 0.2) is 12.4 Å². The molecule has 0 unspecified atom stereocenters. The Labute approximate surface area is 76.4 Å². The third kappa shape index (κ3) is 2.19. The fraction of sp³-hybridized carbons (Fsp3) is 0.625. The third-order valence-electron chi connectivity index (χ3n) is 1.93. The van der Waals surface area contributed by atoms with Crippen molar-refractivity contribution in [1.29, 1.82) is 0 Å². The topological polar surface area (TPSA) is 62.3 Å². The highest BCUT2D eigenvalue weighted by atomic mass is 16.6. The zero-order valence-electron chi connectivity index (χ0n) is 7.35. The Morgan fingerprint density at radius 1 is 1.69 bits per heavy atom. The first-order valence-electron chi connectivity index (χ1n) is 4.32. The molecule has 1 saturated heterocycles. The van der Waals surface area contributed by atoms with Crippen molar-refractivity contribution in [1.82, 2.24) is 9.78 Å². The molecular weight excluding hydrogens is 170 g/mol. The summed E-state index contributed by atoms with van der Waals surface area (Å²) in [6, 6.07) is 0. The number of aromatic nitrogens is 2. The van der Waals surface area contributed by atoms with E-state index in [0.717, 1.165) is 19.8 Å². The van der Waals surface area contributed by atoms with Crippen LogP contribution in [-0.2, 0) is 16.0 Å². The van der Waals surface area contributed by atoms with E-state index in [0.29, 0.717) is 12.3 Å². The predicted octanol–water partition coefficient (Wildman–Crippen LogP) is -0.119. The molecule has 0 radical (unpaired) electrons. The number of rotatable bonds is 4. The monoisotopic (exact) mass is 183 g/mol. The lowest BCUT2D eigenvalue weighted by atomic mass is 10.3. The van der Waals surface area contributed by atoms with Gasteiger partial charge >= 0.3 is 0 Å². The lowest BCUT2D eigenvalue weighted by molar-refractivity contribution is -0.130. The molecule has 5 heteroatoms. The van der Waals surface area contributed by atoms with Crippen molar-refractivity contribution in [2.45, 2.75) is 12.6 Å². The van der Waals surface area contributed by atoms with Crippen molar-refractivity contribution in [3.05, 3.63) is 12.4 Å². The van der Waals surface area contributed by atoms with E-state index in [1.807, 2.05) is 0 Å². The Bertz CT molecular complexity index is 270. The minimum atomic E-state index is 0.285. The van der Waals surface area contributed by atoms with E-state index in [9.17, 15) is 0 Å². The van der Waals surface area contributed by atoms with Crippen LogP contribution in [0.3, 0.4) is 0 Å². The standard InChI is InChI=1S/C8H13N3O2/c9-7-3-10-11(4-7)1-2-13-8-5-12-6-8/h3-4,8H,1-2,5-6,9H2. The summed E-state index contributed by atoms with van der Waals surface area (Å²) >= 11 is 0. The summed E-state index contributed by atoms with van der Waals surface area (Å²) in [4.78, 5) is 0. The van der Waals surface area contributed by atoms with Crippen LogP contribution < -0.4 is 5.73 Å². The Morgan fingerprint density at radius 2 is 2.54 bits per heavy atom. The molecule has 1 aromatic heterocycles. The molecule has 2 rings (SSSR count). The molecule has 0 spiro atoms. The molecule has 0 atom stereocenters. The third-order valence-corrected chi connectivity index (χ3v) is 1.93. The van der Waals surface area contributed by atoms with Crippen molar-refractivity contribution in [3.63, 3.8) is 0 Å². The molecule has 0 aliphatic carbocycles. The van der Waals surface area contributed by atoms with Gasteiger partial charge < -0.3 is 15.2 Å². The molecule has 0 amide bonds. The van der Waals surface area contributed by atoms with Crippen molar-refractivity contribution < 1.29 is 9.47 Å². The summed E-state index contributed by atoms with van der Waals surface area (Å²) in [6.45, 7) is 2.85. The first-order valence-corrected chi connectivity index (χ1v) is 4.32. The zero-order chi connectivity index (χ0) is 9.10. The molecule has 1 aromatic rings. The minimum absolute atomic E-state index is 0.285. The SMILES string of the molecule is Nc1cnn(CCOC2COC2)c1. The largest absolute Gasteiger partial charge is 0.396 e. The average molecular weight is 183 g/mol. The van der Waals surface area contributed by atoms with Crippen LogP contribution in [0.2, 0.25) is 0 Å². The van der Waals surface area contributed by atoms with Gasteiger partial charge in [-0.05, 0) is 0 Å². The molecule has 1 aliphatic rings. The predicted molar refractivity (Wildman–Crippen MR) is 47.2 cm³/mol. The van der Waals surface area contributed by atoms with Gasteiger partial charge in [-0.2, -0.15) is 5.10 Å². The van der Waals surface area contributed by atoms with Crippen LogP contribution in [0.25, 0.3) is 0 Å². The maximum absolute atomic E-state index is 5.50. The number of nitrogens with zero attached hydrogens (tertiary/aromatic N) is 2. The van der Waals surface area contributed by atoms with E-state index in [4.69, 9.17) is 15.2 Å². The van der Waals surface area contributed by atoms with E-state index < -0.39 is 0 Å². The Kier molecular flexibility index (Phi) is 2.47. The summed E-state index contributed by atoms with van der Waals surface area (Å²) in [5.41, 5.74) is 6.19. The summed E-state index contributed by atoms with van der Waals surface area (Å²) in [7, 11) is 0. The fourth-order valence-electron chi connectivity index (χ4n) is 1.13. The highest BCUT2D eigenvalue weighted by Gasteiger charge is 2.18. The van der Waals surface area contributed by atoms with Crippen molar-refractivity contribution in [2.24, 2.45) is 0 Å². The van der Waals surface area contributed by atoms with Crippen LogP contribution >= 0.6 is 0 Å². The van der Waals surface area contributed by atoms with Gasteiger partial charge in [0.15, 0.2) is 0 Å². The van der Waals surface area contributed by atoms with Crippen molar-refractivity contribution in [3.8, 4) is 0 Å². The molecule has 2 heterocycles. The van der Waals surface area contributed by atoms with Gasteiger partial charge in [-0.25, -0.2) is 0 Å². The second-order valence-corrected chi connectivity index (χ2v) is 3.07. The maximum atomic E-state index is 5.50. The van der Waals surface area contributed by atoms with Gasteiger partial charge in [-0.15, -0.1) is 0 Å². The molecule has 2 N–H and O–H groups in total. The maximum Gasteiger partial charge on any atom is 0.104 e. The minimum Gasteiger partial charge on any atom is -0.396 e. The summed E-state index contributed by atoms with van der Waals surface area (Å²) in [5.74, 6) is 0. The molecule has 0 saturated carbocycles. The normalized spacial score (nSPS) is 17.2. The lowest BCUT2D eigenvalue weighted by Crippen LogP contribution is -2.36. The number of hydrogen-bond donors (Lipinski definition) is 1. The zero-order valence-corrected chi connectivity index (χ0v) is 7.35. The first-order chi connectivity index (χ1) is 6.34. The molecule has 1 fully saturated rings. The first kappa shape index (κ1) is 8.52. The van der Waals surface area contributed by atoms with Crippen LogP contribution in [0.4, 0.5) is 5.69 Å². The smallest absolute Gasteiger partial charge is 0.104 e. The van der Waals surface area contributed by atoms with Gasteiger partial charge in [0.05, 0.1) is 38.2 Å². The highest BCUT2D eigenvalue weighted by Crippen LogP contribution is 2.05. The van der Waals surface area contributed by atoms with Gasteiger partial charge in [-0.1, -0.05) is 0 Å². The lowest BCUT2D eigenvalue weighted by Gasteiger charge is -2.25. The van der Waals surface area contributed by atoms with E-state index >= 15 is 0 Å².